The minimum Gasteiger partial charge on any atom is -0.444 e. The van der Waals surface area contributed by atoms with Gasteiger partial charge in [0.05, 0.1) is 28.3 Å². The molecule has 1 aliphatic heterocycles. The van der Waals surface area contributed by atoms with Crippen molar-refractivity contribution in [3.05, 3.63) is 24.0 Å². The van der Waals surface area contributed by atoms with Crippen LogP contribution >= 0.6 is 23.1 Å². The molecule has 0 aliphatic carbocycles. The number of carbonyl (C=O) groups excluding carboxylic acids is 1. The number of primary amides is 1. The lowest BCUT2D eigenvalue weighted by Crippen LogP contribution is -2.41. The van der Waals surface area contributed by atoms with Gasteiger partial charge in [-0.3, -0.25) is 4.79 Å². The summed E-state index contributed by atoms with van der Waals surface area (Å²) in [6, 6.07) is 0. The normalized spacial score (nSPS) is 18.5. The van der Waals surface area contributed by atoms with Crippen LogP contribution < -0.4 is 10.6 Å². The first kappa shape index (κ1) is 18.3. The average Bonchev–Trinajstić information content (AvgIpc) is 3.22. The van der Waals surface area contributed by atoms with Gasteiger partial charge < -0.3 is 15.1 Å². The van der Waals surface area contributed by atoms with E-state index in [-0.39, 0.29) is 17.2 Å². The van der Waals surface area contributed by atoms with Crippen molar-refractivity contribution in [3.63, 3.8) is 0 Å². The lowest BCUT2D eigenvalue weighted by atomic mass is 9.94. The lowest BCUT2D eigenvalue weighted by molar-refractivity contribution is -0.122. The molecule has 0 unspecified atom stereocenters. The Labute approximate surface area is 156 Å². The van der Waals surface area contributed by atoms with Gasteiger partial charge in [0, 0.05) is 18.5 Å². The number of oxazole rings is 1. The molecule has 0 saturated carbocycles. The number of nitrogens with two attached hydrogens (primary N) is 1. The quantitative estimate of drug-likeness (QED) is 0.800. The van der Waals surface area contributed by atoms with Crippen LogP contribution in [0.3, 0.4) is 0 Å². The minimum absolute atomic E-state index is 0.0290. The van der Waals surface area contributed by atoms with Crippen molar-refractivity contribution < 1.29 is 9.21 Å². The number of anilines is 1. The van der Waals surface area contributed by atoms with E-state index in [1.807, 2.05) is 12.4 Å². The zero-order chi connectivity index (χ0) is 18.0. The number of amides is 1. The third kappa shape index (κ3) is 4.55. The second-order valence-corrected chi connectivity index (χ2v) is 9.59. The first-order chi connectivity index (χ1) is 11.8. The highest BCUT2D eigenvalue weighted by Crippen LogP contribution is 2.34. The first-order valence-electron chi connectivity index (χ1n) is 8.41. The topological polar surface area (TPSA) is 85.3 Å². The van der Waals surface area contributed by atoms with E-state index in [0.717, 1.165) is 40.4 Å². The van der Waals surface area contributed by atoms with Gasteiger partial charge >= 0.3 is 0 Å². The molecule has 2 aromatic heterocycles. The molecule has 6 nitrogen and oxygen atoms in total. The van der Waals surface area contributed by atoms with Crippen LogP contribution in [0.1, 0.15) is 45.3 Å². The SMILES string of the molecule is CC(C)(C)c1cnc(CSc2cnc(N3CCC[C@H](C(N)=O)C3)s2)o1. The van der Waals surface area contributed by atoms with Crippen LogP contribution in [0.4, 0.5) is 5.13 Å². The molecule has 0 radical (unpaired) electrons. The summed E-state index contributed by atoms with van der Waals surface area (Å²) in [5.41, 5.74) is 5.42. The summed E-state index contributed by atoms with van der Waals surface area (Å²) in [5, 5.41) is 0.955. The molecule has 0 aromatic carbocycles. The molecule has 0 spiro atoms. The largest absolute Gasteiger partial charge is 0.444 e. The van der Waals surface area contributed by atoms with Crippen LogP contribution in [0.25, 0.3) is 0 Å². The van der Waals surface area contributed by atoms with E-state index in [0.29, 0.717) is 12.3 Å². The van der Waals surface area contributed by atoms with Gasteiger partial charge in [-0.1, -0.05) is 32.1 Å². The number of nitrogens with zero attached hydrogens (tertiary/aromatic N) is 3. The molecule has 1 saturated heterocycles. The van der Waals surface area contributed by atoms with Crippen LogP contribution in [-0.2, 0) is 16.0 Å². The van der Waals surface area contributed by atoms with Gasteiger partial charge in [-0.15, -0.1) is 11.8 Å². The third-order valence-corrected chi connectivity index (χ3v) is 6.43. The molecule has 0 bridgehead atoms. The van der Waals surface area contributed by atoms with E-state index in [1.165, 1.54) is 0 Å². The van der Waals surface area contributed by atoms with Gasteiger partial charge in [-0.05, 0) is 12.8 Å². The summed E-state index contributed by atoms with van der Waals surface area (Å²) >= 11 is 3.31. The molecular formula is C17H24N4O2S2. The second kappa shape index (κ2) is 7.37. The molecule has 2 N–H and O–H groups in total. The zero-order valence-electron chi connectivity index (χ0n) is 14.8. The fourth-order valence-electron chi connectivity index (χ4n) is 2.70. The number of carbonyl (C=O) groups is 1. The van der Waals surface area contributed by atoms with Gasteiger partial charge in [0.15, 0.2) is 5.13 Å². The Bertz CT molecular complexity index is 735. The minimum atomic E-state index is -0.214. The predicted molar refractivity (Wildman–Crippen MR) is 101 cm³/mol. The number of rotatable bonds is 5. The van der Waals surface area contributed by atoms with Crippen molar-refractivity contribution in [1.82, 2.24) is 9.97 Å². The highest BCUT2D eigenvalue weighted by molar-refractivity contribution is 8.00. The summed E-state index contributed by atoms with van der Waals surface area (Å²) in [4.78, 5) is 22.5. The fraction of sp³-hybridized carbons (Fsp3) is 0.588. The summed E-state index contributed by atoms with van der Waals surface area (Å²) < 4.78 is 6.94. The van der Waals surface area contributed by atoms with Crippen LogP contribution in [0.5, 0.6) is 0 Å². The Hall–Kier alpha value is -1.54. The molecule has 2 aromatic rings. The first-order valence-corrected chi connectivity index (χ1v) is 10.2. The number of thiazole rings is 1. The van der Waals surface area contributed by atoms with E-state index in [2.05, 4.69) is 35.6 Å². The highest BCUT2D eigenvalue weighted by atomic mass is 32.2. The summed E-state index contributed by atoms with van der Waals surface area (Å²) in [6.45, 7) is 7.92. The molecule has 3 heterocycles. The van der Waals surface area contributed by atoms with Gasteiger partial charge in [0.2, 0.25) is 11.8 Å². The zero-order valence-corrected chi connectivity index (χ0v) is 16.5. The van der Waals surface area contributed by atoms with Crippen molar-refractivity contribution in [1.29, 1.82) is 0 Å². The van der Waals surface area contributed by atoms with Crippen molar-refractivity contribution >= 4 is 34.1 Å². The Morgan fingerprint density at radius 3 is 2.92 bits per heavy atom. The van der Waals surface area contributed by atoms with Crippen LogP contribution in [0, 0.1) is 5.92 Å². The van der Waals surface area contributed by atoms with Gasteiger partial charge in [0.1, 0.15) is 5.76 Å². The average molecular weight is 381 g/mol. The standard InChI is InChI=1S/C17H24N4O2S2/c1-17(2,3)12-7-19-13(23-12)10-24-14-8-20-16(25-14)21-6-4-5-11(9-21)15(18)22/h7-8,11H,4-6,9-10H2,1-3H3,(H2,18,22)/t11-/m0/s1. The Kier molecular flexibility index (Phi) is 5.38. The van der Waals surface area contributed by atoms with E-state index in [1.54, 1.807) is 23.1 Å². The maximum absolute atomic E-state index is 11.4. The van der Waals surface area contributed by atoms with Crippen LogP contribution in [0.2, 0.25) is 0 Å². The number of hydrogen-bond acceptors (Lipinski definition) is 7. The molecule has 3 rings (SSSR count). The smallest absolute Gasteiger partial charge is 0.222 e. The summed E-state index contributed by atoms with van der Waals surface area (Å²) in [5.74, 6) is 2.03. The Balaban J connectivity index is 1.58. The number of thioether (sulfide) groups is 1. The van der Waals surface area contributed by atoms with Crippen LogP contribution in [-0.4, -0.2) is 29.0 Å². The van der Waals surface area contributed by atoms with Gasteiger partial charge in [0.25, 0.3) is 0 Å². The van der Waals surface area contributed by atoms with Crippen molar-refractivity contribution in [2.24, 2.45) is 11.7 Å². The van der Waals surface area contributed by atoms with Gasteiger partial charge in [-0.2, -0.15) is 0 Å². The molecule has 25 heavy (non-hydrogen) atoms. The molecule has 136 valence electrons. The number of piperidine rings is 1. The Morgan fingerprint density at radius 2 is 2.24 bits per heavy atom. The maximum Gasteiger partial charge on any atom is 0.222 e. The van der Waals surface area contributed by atoms with E-state index in [4.69, 9.17) is 10.2 Å². The molecule has 1 aliphatic rings. The molecule has 8 heteroatoms. The molecule has 1 fully saturated rings. The van der Waals surface area contributed by atoms with E-state index in [9.17, 15) is 4.79 Å². The summed E-state index contributed by atoms with van der Waals surface area (Å²) in [6.07, 6.45) is 5.54. The lowest BCUT2D eigenvalue weighted by Gasteiger charge is -2.30. The monoisotopic (exact) mass is 380 g/mol. The number of aromatic nitrogens is 2. The predicted octanol–water partition coefficient (Wildman–Crippen LogP) is 3.42. The molecule has 1 atom stereocenters. The highest BCUT2D eigenvalue weighted by Gasteiger charge is 2.25. The van der Waals surface area contributed by atoms with E-state index >= 15 is 0 Å². The van der Waals surface area contributed by atoms with E-state index < -0.39 is 0 Å². The van der Waals surface area contributed by atoms with Crippen molar-refractivity contribution in [3.8, 4) is 0 Å². The summed E-state index contributed by atoms with van der Waals surface area (Å²) in [7, 11) is 0. The van der Waals surface area contributed by atoms with Crippen molar-refractivity contribution in [2.45, 2.75) is 49.0 Å². The Morgan fingerprint density at radius 1 is 1.44 bits per heavy atom. The fourth-order valence-corrected chi connectivity index (χ4v) is 4.55. The number of hydrogen-bond donors (Lipinski definition) is 1. The second-order valence-electron chi connectivity index (χ2n) is 7.31. The third-order valence-electron chi connectivity index (χ3n) is 4.20. The maximum atomic E-state index is 11.4. The molecule has 1 amide bonds. The van der Waals surface area contributed by atoms with Gasteiger partial charge in [-0.25, -0.2) is 9.97 Å². The molecular weight excluding hydrogens is 356 g/mol. The van der Waals surface area contributed by atoms with Crippen molar-refractivity contribution in [2.75, 3.05) is 18.0 Å². The van der Waals surface area contributed by atoms with Crippen LogP contribution in [0.15, 0.2) is 21.0 Å².